The lowest BCUT2D eigenvalue weighted by molar-refractivity contribution is -0.132. The molecule has 1 amide bonds. The Bertz CT molecular complexity index is 1410. The molecule has 1 aliphatic heterocycles. The number of para-hydroxylation sites is 1. The van der Waals surface area contributed by atoms with Gasteiger partial charge in [0.25, 0.3) is 0 Å². The molecular formula is C29H28N4O3. The van der Waals surface area contributed by atoms with Crippen LogP contribution in [0.25, 0.3) is 10.9 Å². The van der Waals surface area contributed by atoms with E-state index in [-0.39, 0.29) is 31.5 Å². The minimum absolute atomic E-state index is 0.00917. The highest BCUT2D eigenvalue weighted by molar-refractivity contribution is 5.87. The highest BCUT2D eigenvalue weighted by Crippen LogP contribution is 2.40. The van der Waals surface area contributed by atoms with Gasteiger partial charge in [0, 0.05) is 61.5 Å². The second-order valence-corrected chi connectivity index (χ2v) is 8.84. The van der Waals surface area contributed by atoms with E-state index in [4.69, 9.17) is 9.47 Å². The number of amides is 1. The van der Waals surface area contributed by atoms with Crippen molar-refractivity contribution in [2.75, 3.05) is 13.3 Å². The van der Waals surface area contributed by atoms with E-state index < -0.39 is 0 Å². The summed E-state index contributed by atoms with van der Waals surface area (Å²) in [6.45, 7) is 3.93. The van der Waals surface area contributed by atoms with Crippen molar-refractivity contribution in [2.45, 2.75) is 38.8 Å². The van der Waals surface area contributed by atoms with Crippen LogP contribution in [-0.4, -0.2) is 33.7 Å². The fourth-order valence-corrected chi connectivity index (χ4v) is 4.84. The van der Waals surface area contributed by atoms with Crippen LogP contribution < -0.4 is 9.47 Å². The average molecular weight is 481 g/mol. The number of aromatic nitrogens is 2. The monoisotopic (exact) mass is 480 g/mol. The molecule has 36 heavy (non-hydrogen) atoms. The molecule has 1 aliphatic rings. The van der Waals surface area contributed by atoms with Crippen molar-refractivity contribution in [3.63, 3.8) is 0 Å². The molecule has 0 saturated carbocycles. The quantitative estimate of drug-likeness (QED) is 0.327. The Kier molecular flexibility index (Phi) is 6.85. The lowest BCUT2D eigenvalue weighted by Gasteiger charge is -2.25. The first kappa shape index (κ1) is 23.4. The smallest absolute Gasteiger partial charge is 0.231 e. The number of rotatable bonds is 9. The van der Waals surface area contributed by atoms with Crippen LogP contribution in [0.4, 0.5) is 0 Å². The van der Waals surface area contributed by atoms with Gasteiger partial charge in [-0.3, -0.25) is 9.78 Å². The standard InChI is InChI=1S/C29H28N4O3/c1-2-32-19-25(23-8-3-4-9-26(23)32)24(22-10-11-27-28(15-22)36-20-35-27)16-29(34)33(14-6-12-30)18-21-7-5-13-31-17-21/h3-5,7-11,13,15,17,19,24H,2,6,14,16,18,20H2,1H3. The fraction of sp³-hybridized carbons (Fsp3) is 0.276. The lowest BCUT2D eigenvalue weighted by atomic mass is 9.87. The predicted molar refractivity (Wildman–Crippen MR) is 137 cm³/mol. The predicted octanol–water partition coefficient (Wildman–Crippen LogP) is 5.25. The molecule has 0 saturated heterocycles. The number of benzene rings is 2. The van der Waals surface area contributed by atoms with Gasteiger partial charge in [-0.2, -0.15) is 5.26 Å². The zero-order chi connectivity index (χ0) is 24.9. The van der Waals surface area contributed by atoms with Crippen LogP contribution in [-0.2, 0) is 17.9 Å². The molecule has 2 aromatic carbocycles. The highest BCUT2D eigenvalue weighted by atomic mass is 16.7. The number of aryl methyl sites for hydroxylation is 1. The summed E-state index contributed by atoms with van der Waals surface area (Å²) < 4.78 is 13.4. The minimum atomic E-state index is -0.191. The molecule has 0 spiro atoms. The first-order chi connectivity index (χ1) is 17.7. The van der Waals surface area contributed by atoms with Crippen molar-refractivity contribution in [3.8, 4) is 17.6 Å². The van der Waals surface area contributed by atoms with Crippen LogP contribution in [0.3, 0.4) is 0 Å². The molecule has 7 nitrogen and oxygen atoms in total. The second kappa shape index (κ2) is 10.5. The highest BCUT2D eigenvalue weighted by Gasteiger charge is 2.27. The summed E-state index contributed by atoms with van der Waals surface area (Å²) in [5.74, 6) is 1.21. The number of fused-ring (bicyclic) bond motifs is 2. The maximum atomic E-state index is 13.8. The van der Waals surface area contributed by atoms with E-state index in [0.717, 1.165) is 34.1 Å². The summed E-state index contributed by atoms with van der Waals surface area (Å²) in [7, 11) is 0. The van der Waals surface area contributed by atoms with Gasteiger partial charge in [0.05, 0.1) is 12.5 Å². The van der Waals surface area contributed by atoms with Gasteiger partial charge in [-0.15, -0.1) is 0 Å². The Morgan fingerprint density at radius 1 is 1.17 bits per heavy atom. The number of carbonyl (C=O) groups is 1. The van der Waals surface area contributed by atoms with Crippen molar-refractivity contribution in [3.05, 3.63) is 89.9 Å². The number of nitrogens with zero attached hydrogens (tertiary/aromatic N) is 4. The van der Waals surface area contributed by atoms with E-state index >= 15 is 0 Å². The van der Waals surface area contributed by atoms with E-state index in [0.29, 0.717) is 24.6 Å². The number of nitriles is 1. The minimum Gasteiger partial charge on any atom is -0.454 e. The number of carbonyl (C=O) groups excluding carboxylic acids is 1. The van der Waals surface area contributed by atoms with Gasteiger partial charge in [0.15, 0.2) is 11.5 Å². The molecule has 3 heterocycles. The molecule has 1 atom stereocenters. The summed E-state index contributed by atoms with van der Waals surface area (Å²) in [6, 6.07) is 20.2. The van der Waals surface area contributed by atoms with Crippen LogP contribution in [0.2, 0.25) is 0 Å². The maximum absolute atomic E-state index is 13.8. The number of hydrogen-bond acceptors (Lipinski definition) is 5. The van der Waals surface area contributed by atoms with Crippen molar-refractivity contribution in [1.29, 1.82) is 5.26 Å². The van der Waals surface area contributed by atoms with E-state index in [2.05, 4.69) is 40.9 Å². The van der Waals surface area contributed by atoms with Crippen molar-refractivity contribution in [1.82, 2.24) is 14.5 Å². The van der Waals surface area contributed by atoms with E-state index in [9.17, 15) is 10.1 Å². The zero-order valence-corrected chi connectivity index (χ0v) is 20.3. The summed E-state index contributed by atoms with van der Waals surface area (Å²) in [5, 5.41) is 10.3. The van der Waals surface area contributed by atoms with Crippen LogP contribution in [0.15, 0.2) is 73.2 Å². The molecule has 0 bridgehead atoms. The zero-order valence-electron chi connectivity index (χ0n) is 20.3. The van der Waals surface area contributed by atoms with E-state index in [1.165, 1.54) is 0 Å². The summed E-state index contributed by atoms with van der Waals surface area (Å²) >= 11 is 0. The normalized spacial score (nSPS) is 12.9. The Morgan fingerprint density at radius 3 is 2.83 bits per heavy atom. The van der Waals surface area contributed by atoms with Gasteiger partial charge in [0.2, 0.25) is 12.7 Å². The van der Waals surface area contributed by atoms with Gasteiger partial charge >= 0.3 is 0 Å². The molecular weight excluding hydrogens is 452 g/mol. The molecule has 0 fully saturated rings. The topological polar surface area (TPSA) is 80.4 Å². The molecule has 0 radical (unpaired) electrons. The third-order valence-corrected chi connectivity index (χ3v) is 6.66. The van der Waals surface area contributed by atoms with Gasteiger partial charge in [-0.1, -0.05) is 30.3 Å². The van der Waals surface area contributed by atoms with Crippen LogP contribution in [0.5, 0.6) is 11.5 Å². The fourth-order valence-electron chi connectivity index (χ4n) is 4.84. The van der Waals surface area contributed by atoms with Gasteiger partial charge in [-0.25, -0.2) is 0 Å². The SMILES string of the molecule is CCn1cc(C(CC(=O)N(CCC#N)Cc2cccnc2)c2ccc3c(c2)OCO3)c2ccccc21. The van der Waals surface area contributed by atoms with E-state index in [1.54, 1.807) is 17.3 Å². The molecule has 5 rings (SSSR count). The van der Waals surface area contributed by atoms with Crippen molar-refractivity contribution in [2.24, 2.45) is 0 Å². The van der Waals surface area contributed by atoms with Gasteiger partial charge in [0.1, 0.15) is 0 Å². The maximum Gasteiger partial charge on any atom is 0.231 e. The van der Waals surface area contributed by atoms with Crippen LogP contribution in [0.1, 0.15) is 42.4 Å². The first-order valence-corrected chi connectivity index (χ1v) is 12.2. The third-order valence-electron chi connectivity index (χ3n) is 6.66. The Labute approximate surface area is 210 Å². The lowest BCUT2D eigenvalue weighted by Crippen LogP contribution is -2.32. The number of pyridine rings is 1. The Morgan fingerprint density at radius 2 is 2.03 bits per heavy atom. The number of hydrogen-bond donors (Lipinski definition) is 0. The summed E-state index contributed by atoms with van der Waals surface area (Å²) in [6.07, 6.45) is 6.17. The first-order valence-electron chi connectivity index (χ1n) is 12.2. The molecule has 182 valence electrons. The summed E-state index contributed by atoms with van der Waals surface area (Å²) in [5.41, 5.74) is 4.17. The molecule has 0 aliphatic carbocycles. The second-order valence-electron chi connectivity index (χ2n) is 8.84. The molecule has 0 N–H and O–H groups in total. The molecule has 4 aromatic rings. The Balaban J connectivity index is 1.53. The molecule has 1 unspecified atom stereocenters. The largest absolute Gasteiger partial charge is 0.454 e. The summed E-state index contributed by atoms with van der Waals surface area (Å²) in [4.78, 5) is 19.7. The average Bonchev–Trinajstić information content (AvgIpc) is 3.54. The molecule has 2 aromatic heterocycles. The number of ether oxygens (including phenoxy) is 2. The van der Waals surface area contributed by atoms with Crippen LogP contribution >= 0.6 is 0 Å². The van der Waals surface area contributed by atoms with Crippen LogP contribution in [0, 0.1) is 11.3 Å². The van der Waals surface area contributed by atoms with Crippen molar-refractivity contribution >= 4 is 16.8 Å². The van der Waals surface area contributed by atoms with Gasteiger partial charge < -0.3 is 18.9 Å². The van der Waals surface area contributed by atoms with Crippen molar-refractivity contribution < 1.29 is 14.3 Å². The third kappa shape index (κ3) is 4.76. The molecule has 7 heteroatoms. The van der Waals surface area contributed by atoms with E-state index in [1.807, 2.05) is 42.5 Å². The van der Waals surface area contributed by atoms with Gasteiger partial charge in [-0.05, 0) is 47.9 Å². The Hall–Kier alpha value is -4.31.